The molecular formula is C23H36N2. The number of nitrogens with zero attached hydrogens (tertiary/aromatic N) is 2. The van der Waals surface area contributed by atoms with Crippen molar-refractivity contribution < 1.29 is 0 Å². The lowest BCUT2D eigenvalue weighted by Crippen LogP contribution is -2.15. The number of imidazole rings is 1. The lowest BCUT2D eigenvalue weighted by Gasteiger charge is -2.28. The Kier molecular flexibility index (Phi) is 8.24. The van der Waals surface area contributed by atoms with Crippen molar-refractivity contribution >= 4 is 0 Å². The van der Waals surface area contributed by atoms with Gasteiger partial charge in [-0.05, 0) is 35.8 Å². The Morgan fingerprint density at radius 2 is 1.68 bits per heavy atom. The van der Waals surface area contributed by atoms with Gasteiger partial charge in [0, 0.05) is 12.4 Å². The Morgan fingerprint density at radius 3 is 2.28 bits per heavy atom. The molecule has 0 aliphatic heterocycles. The molecule has 0 bridgehead atoms. The van der Waals surface area contributed by atoms with Crippen molar-refractivity contribution in [2.75, 3.05) is 0 Å². The third kappa shape index (κ3) is 5.45. The van der Waals surface area contributed by atoms with Gasteiger partial charge in [0.15, 0.2) is 0 Å². The SMILES string of the molecule is CCCCCCC[C@H](c1ccccc1C(CC)n1ccnc1)C(C)C. The molecule has 2 aromatic rings. The molecule has 0 radical (unpaired) electrons. The minimum absolute atomic E-state index is 0.389. The summed E-state index contributed by atoms with van der Waals surface area (Å²) in [6.45, 7) is 9.32. The minimum atomic E-state index is 0.389. The van der Waals surface area contributed by atoms with E-state index < -0.39 is 0 Å². The molecule has 1 aromatic heterocycles. The number of hydrogen-bond acceptors (Lipinski definition) is 1. The Hall–Kier alpha value is -1.57. The summed E-state index contributed by atoms with van der Waals surface area (Å²) in [7, 11) is 0. The molecule has 138 valence electrons. The second kappa shape index (κ2) is 10.4. The first-order valence-electron chi connectivity index (χ1n) is 10.2. The highest BCUT2D eigenvalue weighted by Crippen LogP contribution is 2.36. The van der Waals surface area contributed by atoms with E-state index in [-0.39, 0.29) is 0 Å². The van der Waals surface area contributed by atoms with E-state index in [2.05, 4.69) is 67.7 Å². The molecular weight excluding hydrogens is 304 g/mol. The molecule has 2 nitrogen and oxygen atoms in total. The van der Waals surface area contributed by atoms with Crippen molar-refractivity contribution in [3.05, 3.63) is 54.1 Å². The van der Waals surface area contributed by atoms with Crippen molar-refractivity contribution in [3.8, 4) is 0 Å². The Labute approximate surface area is 154 Å². The van der Waals surface area contributed by atoms with Crippen LogP contribution in [-0.4, -0.2) is 9.55 Å². The fourth-order valence-electron chi connectivity index (χ4n) is 4.01. The normalized spacial score (nSPS) is 14.0. The predicted octanol–water partition coefficient (Wildman–Crippen LogP) is 6.98. The maximum atomic E-state index is 4.27. The molecule has 2 rings (SSSR count). The van der Waals surface area contributed by atoms with Crippen molar-refractivity contribution in [1.29, 1.82) is 0 Å². The van der Waals surface area contributed by atoms with Crippen molar-refractivity contribution in [1.82, 2.24) is 9.55 Å². The van der Waals surface area contributed by atoms with E-state index in [1.807, 2.05) is 12.5 Å². The summed E-state index contributed by atoms with van der Waals surface area (Å²) in [5, 5.41) is 0. The van der Waals surface area contributed by atoms with Crippen LogP contribution in [0.3, 0.4) is 0 Å². The van der Waals surface area contributed by atoms with Gasteiger partial charge in [0.2, 0.25) is 0 Å². The first-order valence-corrected chi connectivity index (χ1v) is 10.2. The molecule has 0 aliphatic carbocycles. The zero-order chi connectivity index (χ0) is 18.1. The third-order valence-corrected chi connectivity index (χ3v) is 5.45. The molecule has 25 heavy (non-hydrogen) atoms. The van der Waals surface area contributed by atoms with Gasteiger partial charge in [-0.25, -0.2) is 4.98 Å². The number of hydrogen-bond donors (Lipinski definition) is 0. The summed E-state index contributed by atoms with van der Waals surface area (Å²) in [6, 6.07) is 9.49. The summed E-state index contributed by atoms with van der Waals surface area (Å²) in [5.74, 6) is 1.32. The highest BCUT2D eigenvalue weighted by Gasteiger charge is 2.22. The zero-order valence-electron chi connectivity index (χ0n) is 16.6. The predicted molar refractivity (Wildman–Crippen MR) is 108 cm³/mol. The molecule has 2 heteroatoms. The van der Waals surface area contributed by atoms with E-state index in [0.29, 0.717) is 17.9 Å². The van der Waals surface area contributed by atoms with Crippen LogP contribution in [0.25, 0.3) is 0 Å². The Bertz CT molecular complexity index is 586. The number of aromatic nitrogens is 2. The molecule has 1 aromatic carbocycles. The molecule has 0 saturated heterocycles. The lowest BCUT2D eigenvalue weighted by atomic mass is 9.80. The van der Waals surface area contributed by atoms with Crippen molar-refractivity contribution in [3.63, 3.8) is 0 Å². The van der Waals surface area contributed by atoms with Crippen LogP contribution in [0, 0.1) is 5.92 Å². The van der Waals surface area contributed by atoms with E-state index in [1.165, 1.54) is 44.1 Å². The maximum absolute atomic E-state index is 4.27. The van der Waals surface area contributed by atoms with Gasteiger partial charge in [-0.2, -0.15) is 0 Å². The molecule has 0 fully saturated rings. The quantitative estimate of drug-likeness (QED) is 0.403. The van der Waals surface area contributed by atoms with Crippen molar-refractivity contribution in [2.24, 2.45) is 5.92 Å². The summed E-state index contributed by atoms with van der Waals surface area (Å²) >= 11 is 0. The molecule has 0 saturated carbocycles. The Balaban J connectivity index is 2.20. The smallest absolute Gasteiger partial charge is 0.0951 e. The largest absolute Gasteiger partial charge is 0.330 e. The second-order valence-corrected chi connectivity index (χ2v) is 7.62. The molecule has 1 unspecified atom stereocenters. The van der Waals surface area contributed by atoms with Gasteiger partial charge < -0.3 is 4.57 Å². The average molecular weight is 341 g/mol. The average Bonchev–Trinajstić information content (AvgIpc) is 3.13. The maximum Gasteiger partial charge on any atom is 0.0951 e. The number of rotatable bonds is 11. The summed E-state index contributed by atoms with van der Waals surface area (Å²) in [4.78, 5) is 4.27. The van der Waals surface area contributed by atoms with Crippen LogP contribution in [0.5, 0.6) is 0 Å². The monoisotopic (exact) mass is 340 g/mol. The van der Waals surface area contributed by atoms with Gasteiger partial charge in [0.25, 0.3) is 0 Å². The standard InChI is InChI=1S/C23H36N2/c1-5-7-8-9-10-13-20(19(3)4)21-14-11-12-15-22(21)23(6-2)25-17-16-24-18-25/h11-12,14-20,23H,5-10,13H2,1-4H3/t20-,23?/m0/s1. The second-order valence-electron chi connectivity index (χ2n) is 7.62. The summed E-state index contributed by atoms with van der Waals surface area (Å²) in [6.07, 6.45) is 15.1. The van der Waals surface area contributed by atoms with E-state index in [1.54, 1.807) is 5.56 Å². The number of unbranched alkanes of at least 4 members (excludes halogenated alkanes) is 4. The highest BCUT2D eigenvalue weighted by atomic mass is 15.0. The van der Waals surface area contributed by atoms with Gasteiger partial charge in [-0.3, -0.25) is 0 Å². The van der Waals surface area contributed by atoms with Gasteiger partial charge >= 0.3 is 0 Å². The first kappa shape index (κ1) is 19.8. The molecule has 0 aliphatic rings. The van der Waals surface area contributed by atoms with Crippen LogP contribution >= 0.6 is 0 Å². The molecule has 0 spiro atoms. The van der Waals surface area contributed by atoms with Crippen LogP contribution in [-0.2, 0) is 0 Å². The fraction of sp³-hybridized carbons (Fsp3) is 0.609. The molecule has 0 N–H and O–H groups in total. The third-order valence-electron chi connectivity index (χ3n) is 5.45. The van der Waals surface area contributed by atoms with E-state index in [0.717, 1.165) is 6.42 Å². The van der Waals surface area contributed by atoms with Crippen LogP contribution in [0.1, 0.15) is 95.7 Å². The summed E-state index contributed by atoms with van der Waals surface area (Å²) < 4.78 is 2.26. The van der Waals surface area contributed by atoms with Crippen LogP contribution in [0.4, 0.5) is 0 Å². The van der Waals surface area contributed by atoms with Gasteiger partial charge in [-0.15, -0.1) is 0 Å². The van der Waals surface area contributed by atoms with Gasteiger partial charge in [-0.1, -0.05) is 84.1 Å². The minimum Gasteiger partial charge on any atom is -0.330 e. The molecule has 2 atom stereocenters. The molecule has 1 heterocycles. The fourth-order valence-corrected chi connectivity index (χ4v) is 4.01. The summed E-state index contributed by atoms with van der Waals surface area (Å²) in [5.41, 5.74) is 3.03. The van der Waals surface area contributed by atoms with Crippen LogP contribution < -0.4 is 0 Å². The van der Waals surface area contributed by atoms with E-state index in [4.69, 9.17) is 0 Å². The first-order chi connectivity index (χ1) is 12.2. The van der Waals surface area contributed by atoms with Gasteiger partial charge in [0.1, 0.15) is 0 Å². The highest BCUT2D eigenvalue weighted by molar-refractivity contribution is 5.34. The zero-order valence-corrected chi connectivity index (χ0v) is 16.6. The van der Waals surface area contributed by atoms with Crippen molar-refractivity contribution in [2.45, 2.75) is 84.6 Å². The molecule has 0 amide bonds. The topological polar surface area (TPSA) is 17.8 Å². The Morgan fingerprint density at radius 1 is 0.960 bits per heavy atom. The van der Waals surface area contributed by atoms with Gasteiger partial charge in [0.05, 0.1) is 12.4 Å². The lowest BCUT2D eigenvalue weighted by molar-refractivity contribution is 0.434. The van der Waals surface area contributed by atoms with E-state index in [9.17, 15) is 0 Å². The van der Waals surface area contributed by atoms with Crippen LogP contribution in [0.2, 0.25) is 0 Å². The number of benzene rings is 1. The van der Waals surface area contributed by atoms with Crippen LogP contribution in [0.15, 0.2) is 43.0 Å². The van der Waals surface area contributed by atoms with E-state index >= 15 is 0 Å².